The van der Waals surface area contributed by atoms with Gasteiger partial charge in [-0.1, -0.05) is 26.8 Å². The average Bonchev–Trinajstić information content (AvgIpc) is 2.85. The van der Waals surface area contributed by atoms with Gasteiger partial charge >= 0.3 is 0 Å². The Labute approximate surface area is 121 Å². The fraction of sp³-hybridized carbons (Fsp3) is 0.412. The summed E-state index contributed by atoms with van der Waals surface area (Å²) in [5.41, 5.74) is 16.3. The number of nitrogen functional groups attached to an aromatic ring is 2. The standard InChI is InChI=1S/C17H24N2O/c1-11(2)9-12(3)16-15(18)7-6-13(17(16)19)10-14-5-4-8-20-14/h4-8,11-12H,9-10,18-19H2,1-3H3. The first-order valence-corrected chi connectivity index (χ1v) is 7.18. The molecule has 0 amide bonds. The summed E-state index contributed by atoms with van der Waals surface area (Å²) in [7, 11) is 0. The number of furan rings is 1. The molecule has 1 aromatic carbocycles. The van der Waals surface area contributed by atoms with Crippen LogP contribution in [0.15, 0.2) is 34.9 Å². The summed E-state index contributed by atoms with van der Waals surface area (Å²) in [6.45, 7) is 6.63. The fourth-order valence-electron chi connectivity index (χ4n) is 2.83. The molecular weight excluding hydrogens is 248 g/mol. The van der Waals surface area contributed by atoms with Crippen molar-refractivity contribution in [1.29, 1.82) is 0 Å². The second-order valence-electron chi connectivity index (χ2n) is 5.93. The molecule has 2 aromatic rings. The summed E-state index contributed by atoms with van der Waals surface area (Å²) in [5.74, 6) is 1.91. The molecule has 20 heavy (non-hydrogen) atoms. The van der Waals surface area contributed by atoms with Crippen molar-refractivity contribution in [2.45, 2.75) is 39.5 Å². The third kappa shape index (κ3) is 3.16. The first-order chi connectivity index (χ1) is 9.49. The van der Waals surface area contributed by atoms with Crippen LogP contribution in [0.4, 0.5) is 11.4 Å². The SMILES string of the molecule is CC(C)CC(C)c1c(N)ccc(Cc2ccco2)c1N. The lowest BCUT2D eigenvalue weighted by Crippen LogP contribution is -2.09. The molecular formula is C17H24N2O. The molecule has 4 N–H and O–H groups in total. The van der Waals surface area contributed by atoms with Crippen molar-refractivity contribution in [2.75, 3.05) is 11.5 Å². The number of rotatable bonds is 5. The van der Waals surface area contributed by atoms with Crippen LogP contribution < -0.4 is 11.5 Å². The predicted octanol–water partition coefficient (Wildman–Crippen LogP) is 4.18. The van der Waals surface area contributed by atoms with Crippen LogP contribution in [0.5, 0.6) is 0 Å². The van der Waals surface area contributed by atoms with E-state index in [0.29, 0.717) is 18.3 Å². The van der Waals surface area contributed by atoms with Crippen LogP contribution in [0, 0.1) is 5.92 Å². The number of anilines is 2. The Balaban J connectivity index is 2.32. The van der Waals surface area contributed by atoms with Crippen LogP contribution in [0.3, 0.4) is 0 Å². The van der Waals surface area contributed by atoms with Crippen LogP contribution >= 0.6 is 0 Å². The molecule has 3 nitrogen and oxygen atoms in total. The fourth-order valence-corrected chi connectivity index (χ4v) is 2.83. The normalized spacial score (nSPS) is 12.8. The lowest BCUT2D eigenvalue weighted by atomic mass is 9.88. The largest absolute Gasteiger partial charge is 0.469 e. The van der Waals surface area contributed by atoms with E-state index in [2.05, 4.69) is 20.8 Å². The van der Waals surface area contributed by atoms with Crippen LogP contribution in [0.25, 0.3) is 0 Å². The van der Waals surface area contributed by atoms with Gasteiger partial charge in [0, 0.05) is 23.4 Å². The van der Waals surface area contributed by atoms with Crippen molar-refractivity contribution < 1.29 is 4.42 Å². The number of nitrogens with two attached hydrogens (primary N) is 2. The van der Waals surface area contributed by atoms with Gasteiger partial charge in [0.05, 0.1) is 6.26 Å². The van der Waals surface area contributed by atoms with Gasteiger partial charge in [0.2, 0.25) is 0 Å². The van der Waals surface area contributed by atoms with E-state index in [9.17, 15) is 0 Å². The van der Waals surface area contributed by atoms with Crippen molar-refractivity contribution in [3.63, 3.8) is 0 Å². The van der Waals surface area contributed by atoms with Crippen LogP contribution in [-0.4, -0.2) is 0 Å². The second-order valence-corrected chi connectivity index (χ2v) is 5.93. The minimum atomic E-state index is 0.367. The quantitative estimate of drug-likeness (QED) is 0.802. The van der Waals surface area contributed by atoms with Gasteiger partial charge in [-0.3, -0.25) is 0 Å². The molecule has 0 aliphatic carbocycles. The first kappa shape index (κ1) is 14.5. The van der Waals surface area contributed by atoms with Crippen LogP contribution in [-0.2, 0) is 6.42 Å². The molecule has 2 rings (SSSR count). The van der Waals surface area contributed by atoms with Crippen molar-refractivity contribution in [3.8, 4) is 0 Å². The highest BCUT2D eigenvalue weighted by Gasteiger charge is 2.17. The van der Waals surface area contributed by atoms with Gasteiger partial charge in [-0.05, 0) is 42.0 Å². The average molecular weight is 272 g/mol. The summed E-state index contributed by atoms with van der Waals surface area (Å²) in [6.07, 6.45) is 3.48. The van der Waals surface area contributed by atoms with Gasteiger partial charge in [0.25, 0.3) is 0 Å². The molecule has 0 saturated heterocycles. The topological polar surface area (TPSA) is 65.2 Å². The van der Waals surface area contributed by atoms with E-state index in [0.717, 1.165) is 34.7 Å². The molecule has 1 atom stereocenters. The highest BCUT2D eigenvalue weighted by molar-refractivity contribution is 5.67. The highest BCUT2D eigenvalue weighted by atomic mass is 16.3. The Hall–Kier alpha value is -1.90. The molecule has 1 unspecified atom stereocenters. The zero-order valence-corrected chi connectivity index (χ0v) is 12.5. The van der Waals surface area contributed by atoms with Crippen molar-refractivity contribution >= 4 is 11.4 Å². The van der Waals surface area contributed by atoms with E-state index in [1.54, 1.807) is 6.26 Å². The molecule has 1 heterocycles. The van der Waals surface area contributed by atoms with E-state index in [1.807, 2.05) is 24.3 Å². The molecule has 0 spiro atoms. The van der Waals surface area contributed by atoms with E-state index in [-0.39, 0.29) is 0 Å². The Morgan fingerprint density at radius 3 is 2.45 bits per heavy atom. The van der Waals surface area contributed by atoms with Gasteiger partial charge in [-0.15, -0.1) is 0 Å². The Kier molecular flexibility index (Phi) is 4.38. The van der Waals surface area contributed by atoms with Gasteiger partial charge in [-0.2, -0.15) is 0 Å². The smallest absolute Gasteiger partial charge is 0.108 e. The van der Waals surface area contributed by atoms with Crippen molar-refractivity contribution in [3.05, 3.63) is 47.4 Å². The van der Waals surface area contributed by atoms with Gasteiger partial charge in [0.15, 0.2) is 0 Å². The lowest BCUT2D eigenvalue weighted by molar-refractivity contribution is 0.519. The summed E-state index contributed by atoms with van der Waals surface area (Å²) < 4.78 is 5.40. The maximum absolute atomic E-state index is 6.36. The third-order valence-electron chi connectivity index (χ3n) is 3.67. The molecule has 1 aromatic heterocycles. The summed E-state index contributed by atoms with van der Waals surface area (Å²) >= 11 is 0. The molecule has 108 valence electrons. The maximum Gasteiger partial charge on any atom is 0.108 e. The molecule has 0 bridgehead atoms. The molecule has 0 radical (unpaired) electrons. The Bertz CT molecular complexity index is 559. The monoisotopic (exact) mass is 272 g/mol. The van der Waals surface area contributed by atoms with Gasteiger partial charge in [0.1, 0.15) is 5.76 Å². The highest BCUT2D eigenvalue weighted by Crippen LogP contribution is 2.35. The van der Waals surface area contributed by atoms with Crippen LogP contribution in [0.2, 0.25) is 0 Å². The Morgan fingerprint density at radius 2 is 1.85 bits per heavy atom. The number of hydrogen-bond donors (Lipinski definition) is 2. The van der Waals surface area contributed by atoms with E-state index in [4.69, 9.17) is 15.9 Å². The molecule has 0 fully saturated rings. The third-order valence-corrected chi connectivity index (χ3v) is 3.67. The number of benzene rings is 1. The number of hydrogen-bond acceptors (Lipinski definition) is 3. The lowest BCUT2D eigenvalue weighted by Gasteiger charge is -2.20. The minimum Gasteiger partial charge on any atom is -0.469 e. The molecule has 0 aliphatic heterocycles. The molecule has 3 heteroatoms. The molecule has 0 saturated carbocycles. The summed E-state index contributed by atoms with van der Waals surface area (Å²) in [6, 6.07) is 7.82. The zero-order chi connectivity index (χ0) is 14.7. The van der Waals surface area contributed by atoms with Gasteiger partial charge in [-0.25, -0.2) is 0 Å². The molecule has 0 aliphatic rings. The zero-order valence-electron chi connectivity index (χ0n) is 12.5. The maximum atomic E-state index is 6.36. The van der Waals surface area contributed by atoms with Crippen LogP contribution in [0.1, 0.15) is 50.0 Å². The van der Waals surface area contributed by atoms with Crippen molar-refractivity contribution in [2.24, 2.45) is 5.92 Å². The van der Waals surface area contributed by atoms with E-state index in [1.165, 1.54) is 0 Å². The minimum absolute atomic E-state index is 0.367. The van der Waals surface area contributed by atoms with E-state index >= 15 is 0 Å². The Morgan fingerprint density at radius 1 is 1.10 bits per heavy atom. The summed E-state index contributed by atoms with van der Waals surface area (Å²) in [4.78, 5) is 0. The predicted molar refractivity (Wildman–Crippen MR) is 84.7 cm³/mol. The van der Waals surface area contributed by atoms with Gasteiger partial charge < -0.3 is 15.9 Å². The van der Waals surface area contributed by atoms with E-state index < -0.39 is 0 Å². The second kappa shape index (κ2) is 6.04. The first-order valence-electron chi connectivity index (χ1n) is 7.18. The van der Waals surface area contributed by atoms with Crippen molar-refractivity contribution in [1.82, 2.24) is 0 Å². The summed E-state index contributed by atoms with van der Waals surface area (Å²) in [5, 5.41) is 0.